The Morgan fingerprint density at radius 1 is 1.12 bits per heavy atom. The van der Waals surface area contributed by atoms with Gasteiger partial charge in [-0.3, -0.25) is 9.59 Å². The van der Waals surface area contributed by atoms with Crippen molar-refractivity contribution >= 4 is 35.5 Å². The number of ether oxygens (including phenoxy) is 1. The summed E-state index contributed by atoms with van der Waals surface area (Å²) >= 11 is 5.76. The highest BCUT2D eigenvalue weighted by Crippen LogP contribution is 2.33. The highest BCUT2D eigenvalue weighted by Gasteiger charge is 2.31. The Morgan fingerprint density at radius 3 is 2.35 bits per heavy atom. The lowest BCUT2D eigenvalue weighted by atomic mass is 10.1. The average Bonchev–Trinajstić information content (AvgIpc) is 2.60. The summed E-state index contributed by atoms with van der Waals surface area (Å²) < 4.78 is 42.8. The monoisotopic (exact) mass is 385 g/mol. The summed E-state index contributed by atoms with van der Waals surface area (Å²) in [7, 11) is 0. The third-order valence-electron chi connectivity index (χ3n) is 3.18. The summed E-state index contributed by atoms with van der Waals surface area (Å²) in [6.45, 7) is -0.721. The van der Waals surface area contributed by atoms with E-state index in [0.717, 1.165) is 12.1 Å². The molecule has 0 bridgehead atoms. The van der Waals surface area contributed by atoms with E-state index in [1.165, 1.54) is 24.3 Å². The van der Waals surface area contributed by atoms with Crippen LogP contribution in [-0.2, 0) is 15.7 Å². The molecule has 0 fully saturated rings. The van der Waals surface area contributed by atoms with E-state index in [1.807, 2.05) is 0 Å². The van der Waals surface area contributed by atoms with Crippen molar-refractivity contribution in [2.24, 2.45) is 0 Å². The number of aldehydes is 1. The molecule has 2 rings (SSSR count). The molecule has 0 unspecified atom stereocenters. The maximum absolute atomic E-state index is 12.7. The number of alkyl halides is 3. The molecule has 0 spiro atoms. The van der Waals surface area contributed by atoms with Gasteiger partial charge in [-0.25, -0.2) is 4.79 Å². The van der Waals surface area contributed by atoms with Crippen LogP contribution >= 0.6 is 11.6 Å². The summed E-state index contributed by atoms with van der Waals surface area (Å²) in [6, 6.07) is 7.93. The highest BCUT2D eigenvalue weighted by molar-refractivity contribution is 6.33. The van der Waals surface area contributed by atoms with Gasteiger partial charge in [-0.05, 0) is 30.3 Å². The minimum absolute atomic E-state index is 0.0953. The van der Waals surface area contributed by atoms with E-state index in [4.69, 9.17) is 16.3 Å². The van der Waals surface area contributed by atoms with Crippen LogP contribution in [0, 0.1) is 0 Å². The fraction of sp³-hybridized carbons (Fsp3) is 0.118. The van der Waals surface area contributed by atoms with Crippen molar-refractivity contribution in [1.29, 1.82) is 0 Å². The first-order chi connectivity index (χ1) is 12.2. The summed E-state index contributed by atoms with van der Waals surface area (Å²) in [6.07, 6.45) is -3.99. The number of nitrogens with one attached hydrogen (secondary N) is 1. The van der Waals surface area contributed by atoms with Crippen molar-refractivity contribution in [3.63, 3.8) is 0 Å². The smallest absolute Gasteiger partial charge is 0.416 e. The maximum atomic E-state index is 12.7. The Bertz CT molecular complexity index is 835. The Morgan fingerprint density at radius 2 is 1.77 bits per heavy atom. The van der Waals surface area contributed by atoms with E-state index >= 15 is 0 Å². The van der Waals surface area contributed by atoms with Crippen molar-refractivity contribution in [2.75, 3.05) is 11.9 Å². The minimum atomic E-state index is -4.59. The van der Waals surface area contributed by atoms with Gasteiger partial charge in [0.2, 0.25) is 0 Å². The predicted molar refractivity (Wildman–Crippen MR) is 87.2 cm³/mol. The Labute approximate surface area is 150 Å². The molecule has 0 saturated heterocycles. The van der Waals surface area contributed by atoms with E-state index in [0.29, 0.717) is 17.9 Å². The number of benzene rings is 2. The second-order valence-corrected chi connectivity index (χ2v) is 5.46. The zero-order chi connectivity index (χ0) is 19.3. The number of carbonyl (C=O) groups is 3. The largest absolute Gasteiger partial charge is 0.452 e. The SMILES string of the molecule is O=Cc1ccc(C(=O)OCC(=O)Nc2cc(C(F)(F)F)ccc2Cl)cc1. The van der Waals surface area contributed by atoms with Gasteiger partial charge in [-0.2, -0.15) is 13.2 Å². The van der Waals surface area contributed by atoms with Gasteiger partial charge in [0.15, 0.2) is 6.61 Å². The van der Waals surface area contributed by atoms with Crippen molar-refractivity contribution in [3.8, 4) is 0 Å². The summed E-state index contributed by atoms with van der Waals surface area (Å²) in [5.41, 5.74) is -0.763. The number of rotatable bonds is 5. The van der Waals surface area contributed by atoms with E-state index in [9.17, 15) is 27.6 Å². The molecular weight excluding hydrogens is 375 g/mol. The Kier molecular flexibility index (Phi) is 5.99. The molecule has 0 saturated carbocycles. The van der Waals surface area contributed by atoms with E-state index in [1.54, 1.807) is 0 Å². The molecule has 9 heteroatoms. The number of hydrogen-bond donors (Lipinski definition) is 1. The zero-order valence-electron chi connectivity index (χ0n) is 13.0. The summed E-state index contributed by atoms with van der Waals surface area (Å²) in [5, 5.41) is 2.06. The van der Waals surface area contributed by atoms with Crippen molar-refractivity contribution in [2.45, 2.75) is 6.18 Å². The first-order valence-corrected chi connectivity index (χ1v) is 7.47. The average molecular weight is 386 g/mol. The lowest BCUT2D eigenvalue weighted by molar-refractivity contribution is -0.137. The van der Waals surface area contributed by atoms with Gasteiger partial charge in [0.25, 0.3) is 5.91 Å². The molecule has 26 heavy (non-hydrogen) atoms. The third kappa shape index (κ3) is 5.06. The van der Waals surface area contributed by atoms with Gasteiger partial charge in [0, 0.05) is 5.56 Å². The second-order valence-electron chi connectivity index (χ2n) is 5.06. The molecule has 0 aliphatic heterocycles. The van der Waals surface area contributed by atoms with Gasteiger partial charge in [-0.1, -0.05) is 23.7 Å². The quantitative estimate of drug-likeness (QED) is 0.624. The molecule has 0 aromatic heterocycles. The van der Waals surface area contributed by atoms with Crippen LogP contribution in [0.4, 0.5) is 18.9 Å². The molecule has 5 nitrogen and oxygen atoms in total. The topological polar surface area (TPSA) is 72.5 Å². The van der Waals surface area contributed by atoms with Crippen LogP contribution < -0.4 is 5.32 Å². The van der Waals surface area contributed by atoms with Crippen molar-refractivity contribution in [3.05, 3.63) is 64.2 Å². The van der Waals surface area contributed by atoms with Crippen molar-refractivity contribution < 1.29 is 32.3 Å². The molecule has 0 aliphatic rings. The van der Waals surface area contributed by atoms with Gasteiger partial charge < -0.3 is 10.1 Å². The molecule has 0 radical (unpaired) electrons. The molecule has 2 aromatic carbocycles. The maximum Gasteiger partial charge on any atom is 0.416 e. The number of carbonyl (C=O) groups excluding carboxylic acids is 3. The van der Waals surface area contributed by atoms with Gasteiger partial charge in [0.1, 0.15) is 6.29 Å². The molecule has 1 amide bonds. The van der Waals surface area contributed by atoms with Crippen LogP contribution in [0.15, 0.2) is 42.5 Å². The molecule has 1 N–H and O–H groups in total. The van der Waals surface area contributed by atoms with Gasteiger partial charge in [0.05, 0.1) is 21.8 Å². The molecule has 0 heterocycles. The fourth-order valence-corrected chi connectivity index (χ4v) is 2.06. The standard InChI is InChI=1S/C17H11ClF3NO4/c18-13-6-5-12(17(19,20)21)7-14(13)22-15(24)9-26-16(25)11-3-1-10(8-23)2-4-11/h1-8H,9H2,(H,22,24). The van der Waals surface area contributed by atoms with E-state index < -0.39 is 30.2 Å². The Hall–Kier alpha value is -2.87. The lowest BCUT2D eigenvalue weighted by Gasteiger charge is -2.12. The number of esters is 1. The summed E-state index contributed by atoms with van der Waals surface area (Å²) in [4.78, 5) is 34.1. The predicted octanol–water partition coefficient (Wildman–Crippen LogP) is 3.97. The normalized spacial score (nSPS) is 10.9. The van der Waals surface area contributed by atoms with Crippen LogP contribution in [0.3, 0.4) is 0 Å². The molecular formula is C17H11ClF3NO4. The molecule has 0 atom stereocenters. The van der Waals surface area contributed by atoms with Gasteiger partial charge >= 0.3 is 12.1 Å². The first-order valence-electron chi connectivity index (χ1n) is 7.09. The van der Waals surface area contributed by atoms with Crippen molar-refractivity contribution in [1.82, 2.24) is 0 Å². The van der Waals surface area contributed by atoms with E-state index in [-0.39, 0.29) is 16.3 Å². The first kappa shape index (κ1) is 19.5. The van der Waals surface area contributed by atoms with Crippen LogP contribution in [0.25, 0.3) is 0 Å². The molecule has 0 aliphatic carbocycles. The van der Waals surface area contributed by atoms with E-state index in [2.05, 4.69) is 5.32 Å². The number of halogens is 4. The van der Waals surface area contributed by atoms with Crippen LogP contribution in [0.2, 0.25) is 5.02 Å². The van der Waals surface area contributed by atoms with Crippen LogP contribution in [0.5, 0.6) is 0 Å². The number of anilines is 1. The third-order valence-corrected chi connectivity index (χ3v) is 3.51. The molecule has 136 valence electrons. The van der Waals surface area contributed by atoms with Crippen LogP contribution in [0.1, 0.15) is 26.3 Å². The molecule has 2 aromatic rings. The van der Waals surface area contributed by atoms with Gasteiger partial charge in [-0.15, -0.1) is 0 Å². The highest BCUT2D eigenvalue weighted by atomic mass is 35.5. The Balaban J connectivity index is 1.98. The summed E-state index contributed by atoms with van der Waals surface area (Å²) in [5.74, 6) is -1.68. The number of hydrogen-bond acceptors (Lipinski definition) is 4. The minimum Gasteiger partial charge on any atom is -0.452 e. The second kappa shape index (κ2) is 8.01. The number of amides is 1. The lowest BCUT2D eigenvalue weighted by Crippen LogP contribution is -2.21. The fourth-order valence-electron chi connectivity index (χ4n) is 1.90. The zero-order valence-corrected chi connectivity index (χ0v) is 13.7. The van der Waals surface area contributed by atoms with Crippen LogP contribution in [-0.4, -0.2) is 24.8 Å².